The molecule has 0 saturated carbocycles. The van der Waals surface area contributed by atoms with Gasteiger partial charge in [0.25, 0.3) is 0 Å². The normalized spacial score (nSPS) is 18.2. The Morgan fingerprint density at radius 3 is 2.66 bits per heavy atom. The first kappa shape index (κ1) is 19.4. The molecule has 3 heterocycles. The minimum Gasteiger partial charge on any atom is -0.346 e. The molecule has 29 heavy (non-hydrogen) atoms. The van der Waals surface area contributed by atoms with Crippen LogP contribution in [0.1, 0.15) is 38.6 Å². The monoisotopic (exact) mass is 392 g/mol. The van der Waals surface area contributed by atoms with Gasteiger partial charge < -0.3 is 14.8 Å². The number of nitrogens with one attached hydrogen (secondary N) is 1. The fourth-order valence-corrected chi connectivity index (χ4v) is 4.07. The van der Waals surface area contributed by atoms with Crippen LogP contribution in [0.25, 0.3) is 11.0 Å². The molecule has 1 aliphatic rings. The first-order valence-electron chi connectivity index (χ1n) is 10.3. The van der Waals surface area contributed by atoms with E-state index in [0.717, 1.165) is 36.2 Å². The van der Waals surface area contributed by atoms with E-state index in [4.69, 9.17) is 4.98 Å². The molecular formula is C22H28N6O. The van der Waals surface area contributed by atoms with E-state index in [1.807, 2.05) is 31.3 Å². The Morgan fingerprint density at radius 1 is 1.17 bits per heavy atom. The summed E-state index contributed by atoms with van der Waals surface area (Å²) >= 11 is 0. The number of aryl methyl sites for hydroxylation is 1. The van der Waals surface area contributed by atoms with Gasteiger partial charge in [-0.3, -0.25) is 4.79 Å². The van der Waals surface area contributed by atoms with Gasteiger partial charge in [0.15, 0.2) is 0 Å². The molecule has 0 unspecified atom stereocenters. The molecule has 4 rings (SSSR count). The summed E-state index contributed by atoms with van der Waals surface area (Å²) in [5.41, 5.74) is 2.03. The minimum atomic E-state index is -0.136. The average molecular weight is 393 g/mol. The lowest BCUT2D eigenvalue weighted by Gasteiger charge is -2.33. The lowest BCUT2D eigenvalue weighted by atomic mass is 9.95. The van der Waals surface area contributed by atoms with Crippen molar-refractivity contribution in [3.63, 3.8) is 0 Å². The number of amides is 1. The van der Waals surface area contributed by atoms with Crippen molar-refractivity contribution in [1.82, 2.24) is 24.8 Å². The van der Waals surface area contributed by atoms with Crippen LogP contribution in [0.4, 0.5) is 5.95 Å². The van der Waals surface area contributed by atoms with Gasteiger partial charge in [-0.05, 0) is 37.0 Å². The standard InChI is InChI=1S/C22H28N6O/c1-15(2)19(20-25-17-9-4-5-10-18(17)27(20)3)26-21(29)16-8-6-13-28(14-16)22-23-11-7-12-24-22/h4-5,7,9-12,15-16,19H,6,8,13-14H2,1-3H3,(H,26,29)/t16-,19+/m1/s1. The first-order valence-corrected chi connectivity index (χ1v) is 10.3. The molecule has 0 bridgehead atoms. The van der Waals surface area contributed by atoms with E-state index in [2.05, 4.69) is 44.7 Å². The smallest absolute Gasteiger partial charge is 0.225 e. The number of benzene rings is 1. The highest BCUT2D eigenvalue weighted by molar-refractivity contribution is 5.80. The maximum Gasteiger partial charge on any atom is 0.225 e. The predicted molar refractivity (Wildman–Crippen MR) is 113 cm³/mol. The van der Waals surface area contributed by atoms with Crippen LogP contribution >= 0.6 is 0 Å². The van der Waals surface area contributed by atoms with Crippen LogP contribution in [-0.4, -0.2) is 38.5 Å². The number of anilines is 1. The Bertz CT molecular complexity index is 983. The molecule has 1 saturated heterocycles. The number of piperidine rings is 1. The van der Waals surface area contributed by atoms with Crippen molar-refractivity contribution in [3.8, 4) is 0 Å². The molecule has 1 aromatic carbocycles. The van der Waals surface area contributed by atoms with Crippen LogP contribution in [0.2, 0.25) is 0 Å². The van der Waals surface area contributed by atoms with Gasteiger partial charge in [-0.1, -0.05) is 26.0 Å². The zero-order valence-corrected chi connectivity index (χ0v) is 17.2. The third kappa shape index (κ3) is 3.95. The van der Waals surface area contributed by atoms with Crippen LogP contribution in [0.15, 0.2) is 42.7 Å². The molecule has 2 aromatic heterocycles. The zero-order chi connectivity index (χ0) is 20.4. The van der Waals surface area contributed by atoms with Gasteiger partial charge in [0.2, 0.25) is 11.9 Å². The number of hydrogen-bond acceptors (Lipinski definition) is 5. The maximum absolute atomic E-state index is 13.2. The zero-order valence-electron chi connectivity index (χ0n) is 17.2. The van der Waals surface area contributed by atoms with E-state index in [-0.39, 0.29) is 23.8 Å². The predicted octanol–water partition coefficient (Wildman–Crippen LogP) is 3.09. The van der Waals surface area contributed by atoms with E-state index in [0.29, 0.717) is 12.5 Å². The summed E-state index contributed by atoms with van der Waals surface area (Å²) in [6.45, 7) is 5.76. The molecule has 0 spiro atoms. The Morgan fingerprint density at radius 2 is 1.93 bits per heavy atom. The maximum atomic E-state index is 13.2. The second-order valence-electron chi connectivity index (χ2n) is 8.08. The van der Waals surface area contributed by atoms with Crippen LogP contribution < -0.4 is 10.2 Å². The van der Waals surface area contributed by atoms with E-state index in [1.165, 1.54) is 0 Å². The van der Waals surface area contributed by atoms with Crippen molar-refractivity contribution < 1.29 is 4.79 Å². The number of nitrogens with zero attached hydrogens (tertiary/aromatic N) is 5. The minimum absolute atomic E-state index is 0.0800. The molecule has 2 atom stereocenters. The molecule has 1 N–H and O–H groups in total. The van der Waals surface area contributed by atoms with Crippen LogP contribution in [0.3, 0.4) is 0 Å². The number of carbonyl (C=O) groups excluding carboxylic acids is 1. The van der Waals surface area contributed by atoms with Crippen molar-refractivity contribution in [2.45, 2.75) is 32.7 Å². The summed E-state index contributed by atoms with van der Waals surface area (Å²) in [5, 5.41) is 3.29. The summed E-state index contributed by atoms with van der Waals surface area (Å²) in [6, 6.07) is 9.74. The van der Waals surface area contributed by atoms with Crippen molar-refractivity contribution in [2.24, 2.45) is 18.9 Å². The number of rotatable bonds is 5. The summed E-state index contributed by atoms with van der Waals surface area (Å²) in [6.07, 6.45) is 5.32. The van der Waals surface area contributed by atoms with Crippen molar-refractivity contribution in [1.29, 1.82) is 0 Å². The lowest BCUT2D eigenvalue weighted by molar-refractivity contribution is -0.126. The Kier molecular flexibility index (Phi) is 5.47. The van der Waals surface area contributed by atoms with Gasteiger partial charge in [-0.15, -0.1) is 0 Å². The molecule has 1 fully saturated rings. The molecule has 7 nitrogen and oxygen atoms in total. The number of imidazole rings is 1. The van der Waals surface area contributed by atoms with Gasteiger partial charge in [0.1, 0.15) is 5.82 Å². The second-order valence-corrected chi connectivity index (χ2v) is 8.08. The van der Waals surface area contributed by atoms with E-state index < -0.39 is 0 Å². The van der Waals surface area contributed by atoms with E-state index in [1.54, 1.807) is 12.4 Å². The van der Waals surface area contributed by atoms with E-state index >= 15 is 0 Å². The molecule has 1 amide bonds. The number of fused-ring (bicyclic) bond motifs is 1. The summed E-state index contributed by atoms with van der Waals surface area (Å²) in [5.74, 6) is 1.82. The van der Waals surface area contributed by atoms with Crippen LogP contribution in [0, 0.1) is 11.8 Å². The second kappa shape index (κ2) is 8.19. The highest BCUT2D eigenvalue weighted by atomic mass is 16.2. The molecule has 0 radical (unpaired) electrons. The molecular weight excluding hydrogens is 364 g/mol. The topological polar surface area (TPSA) is 75.9 Å². The number of carbonyl (C=O) groups is 1. The third-order valence-corrected chi connectivity index (χ3v) is 5.69. The quantitative estimate of drug-likeness (QED) is 0.722. The molecule has 3 aromatic rings. The summed E-state index contributed by atoms with van der Waals surface area (Å²) < 4.78 is 2.09. The van der Waals surface area contributed by atoms with Crippen molar-refractivity contribution in [3.05, 3.63) is 48.5 Å². The third-order valence-electron chi connectivity index (χ3n) is 5.69. The highest BCUT2D eigenvalue weighted by Crippen LogP contribution is 2.27. The van der Waals surface area contributed by atoms with Crippen molar-refractivity contribution in [2.75, 3.05) is 18.0 Å². The van der Waals surface area contributed by atoms with Crippen LogP contribution in [-0.2, 0) is 11.8 Å². The SMILES string of the molecule is CC(C)[C@H](NC(=O)[C@@H]1CCCN(c2ncccn2)C1)c1nc2ccccc2n1C. The number of aromatic nitrogens is 4. The first-order chi connectivity index (χ1) is 14.0. The Hall–Kier alpha value is -2.96. The lowest BCUT2D eigenvalue weighted by Crippen LogP contribution is -2.45. The Labute approximate surface area is 171 Å². The Balaban J connectivity index is 1.52. The van der Waals surface area contributed by atoms with E-state index in [9.17, 15) is 4.79 Å². The van der Waals surface area contributed by atoms with Gasteiger partial charge in [0.05, 0.1) is 23.0 Å². The largest absolute Gasteiger partial charge is 0.346 e. The fourth-order valence-electron chi connectivity index (χ4n) is 4.07. The van der Waals surface area contributed by atoms with Gasteiger partial charge in [0, 0.05) is 32.5 Å². The van der Waals surface area contributed by atoms with Crippen LogP contribution in [0.5, 0.6) is 0 Å². The van der Waals surface area contributed by atoms with Crippen molar-refractivity contribution >= 4 is 22.9 Å². The molecule has 0 aliphatic carbocycles. The molecule has 152 valence electrons. The fraction of sp³-hybridized carbons (Fsp3) is 0.455. The number of para-hydroxylation sites is 2. The molecule has 1 aliphatic heterocycles. The van der Waals surface area contributed by atoms with Gasteiger partial charge >= 0.3 is 0 Å². The highest BCUT2D eigenvalue weighted by Gasteiger charge is 2.31. The summed E-state index contributed by atoms with van der Waals surface area (Å²) in [4.78, 5) is 28.8. The summed E-state index contributed by atoms with van der Waals surface area (Å²) in [7, 11) is 2.02. The van der Waals surface area contributed by atoms with Gasteiger partial charge in [-0.25, -0.2) is 15.0 Å². The van der Waals surface area contributed by atoms with Gasteiger partial charge in [-0.2, -0.15) is 0 Å². The number of hydrogen-bond donors (Lipinski definition) is 1. The average Bonchev–Trinajstić information content (AvgIpc) is 3.09. The molecule has 7 heteroatoms.